The van der Waals surface area contributed by atoms with Crippen LogP contribution in [-0.4, -0.2) is 18.2 Å². The summed E-state index contributed by atoms with van der Waals surface area (Å²) in [5, 5.41) is 9.00. The van der Waals surface area contributed by atoms with Gasteiger partial charge >= 0.3 is 6.09 Å². The maximum atomic E-state index is 13.2. The predicted octanol–water partition coefficient (Wildman–Crippen LogP) is 3.62. The highest BCUT2D eigenvalue weighted by molar-refractivity contribution is 5.90. The second-order valence-electron chi connectivity index (χ2n) is 4.58. The highest BCUT2D eigenvalue weighted by atomic mass is 19.1. The summed E-state index contributed by atoms with van der Waals surface area (Å²) in [6, 6.07) is 9.06. The monoisotopic (exact) mass is 290 g/mol. The van der Waals surface area contributed by atoms with Crippen LogP contribution in [0.5, 0.6) is 11.5 Å². The zero-order chi connectivity index (χ0) is 15.6. The van der Waals surface area contributed by atoms with Crippen LogP contribution in [0.25, 0.3) is 0 Å². The fraction of sp³-hybridized carbons (Fsp3) is 0.133. The van der Waals surface area contributed by atoms with Gasteiger partial charge in [0, 0.05) is 13.1 Å². The average molecular weight is 290 g/mol. The lowest BCUT2D eigenvalue weighted by Crippen LogP contribution is -2.24. The van der Waals surface area contributed by atoms with Crippen molar-refractivity contribution in [3.8, 4) is 11.5 Å². The van der Waals surface area contributed by atoms with Gasteiger partial charge in [-0.15, -0.1) is 0 Å². The number of carboxylic acid groups (broad SMARTS) is 1. The lowest BCUT2D eigenvalue weighted by molar-refractivity contribution is 0.203. The van der Waals surface area contributed by atoms with Crippen molar-refractivity contribution >= 4 is 17.5 Å². The first-order valence-electron chi connectivity index (χ1n) is 6.18. The minimum Gasteiger partial charge on any atom is -0.465 e. The molecule has 2 aromatic carbocycles. The molecule has 6 heteroatoms. The molecule has 0 aliphatic carbocycles. The van der Waals surface area contributed by atoms with Crippen molar-refractivity contribution in [3.63, 3.8) is 0 Å². The van der Waals surface area contributed by atoms with E-state index in [1.807, 2.05) is 0 Å². The van der Waals surface area contributed by atoms with Gasteiger partial charge in [0.05, 0.1) is 11.4 Å². The van der Waals surface area contributed by atoms with E-state index in [2.05, 4.69) is 0 Å². The van der Waals surface area contributed by atoms with Crippen LogP contribution in [0.2, 0.25) is 0 Å². The highest BCUT2D eigenvalue weighted by Gasteiger charge is 2.13. The van der Waals surface area contributed by atoms with E-state index in [1.54, 1.807) is 25.1 Å². The standard InChI is InChI=1S/C15H15FN2O3/c1-9-7-10(3-5-12(9)16)21-11-4-6-13(17)14(8-11)18(2)15(19)20/h3-8H,17H2,1-2H3,(H,19,20). The SMILES string of the molecule is Cc1cc(Oc2ccc(N)c(N(C)C(=O)O)c2)ccc1F. The maximum absolute atomic E-state index is 13.2. The number of carbonyl (C=O) groups is 1. The van der Waals surface area contributed by atoms with Crippen LogP contribution >= 0.6 is 0 Å². The van der Waals surface area contributed by atoms with Crippen molar-refractivity contribution in [1.82, 2.24) is 0 Å². The van der Waals surface area contributed by atoms with Gasteiger partial charge in [0.15, 0.2) is 0 Å². The van der Waals surface area contributed by atoms with Gasteiger partial charge in [-0.3, -0.25) is 4.90 Å². The molecule has 0 fully saturated rings. The molecule has 110 valence electrons. The normalized spacial score (nSPS) is 10.2. The number of nitrogens with zero attached hydrogens (tertiary/aromatic N) is 1. The van der Waals surface area contributed by atoms with Gasteiger partial charge in [-0.1, -0.05) is 0 Å². The van der Waals surface area contributed by atoms with E-state index in [-0.39, 0.29) is 5.82 Å². The van der Waals surface area contributed by atoms with Crippen molar-refractivity contribution < 1.29 is 19.0 Å². The first kappa shape index (κ1) is 14.6. The van der Waals surface area contributed by atoms with Gasteiger partial charge < -0.3 is 15.6 Å². The summed E-state index contributed by atoms with van der Waals surface area (Å²) >= 11 is 0. The van der Waals surface area contributed by atoms with Crippen molar-refractivity contribution in [3.05, 3.63) is 47.8 Å². The number of nitrogens with two attached hydrogens (primary N) is 1. The average Bonchev–Trinajstić information content (AvgIpc) is 2.44. The molecule has 0 aliphatic heterocycles. The Morgan fingerprint density at radius 3 is 2.48 bits per heavy atom. The number of nitrogen functional groups attached to an aromatic ring is 1. The molecule has 0 atom stereocenters. The number of aryl methyl sites for hydroxylation is 1. The van der Waals surface area contributed by atoms with Gasteiger partial charge in [-0.2, -0.15) is 0 Å². The smallest absolute Gasteiger partial charge is 0.411 e. The Balaban J connectivity index is 2.30. The second-order valence-corrected chi connectivity index (χ2v) is 4.58. The third kappa shape index (κ3) is 3.22. The number of rotatable bonds is 3. The third-order valence-electron chi connectivity index (χ3n) is 3.02. The predicted molar refractivity (Wildman–Crippen MR) is 78.5 cm³/mol. The third-order valence-corrected chi connectivity index (χ3v) is 3.02. The van der Waals surface area contributed by atoms with Gasteiger partial charge in [0.2, 0.25) is 0 Å². The minimum atomic E-state index is -1.13. The van der Waals surface area contributed by atoms with E-state index in [9.17, 15) is 9.18 Å². The first-order chi connectivity index (χ1) is 9.88. The number of halogens is 1. The Kier molecular flexibility index (Phi) is 3.98. The van der Waals surface area contributed by atoms with Crippen LogP contribution in [0.3, 0.4) is 0 Å². The van der Waals surface area contributed by atoms with E-state index < -0.39 is 6.09 Å². The maximum Gasteiger partial charge on any atom is 0.411 e. The number of anilines is 2. The lowest BCUT2D eigenvalue weighted by atomic mass is 10.2. The molecule has 0 aromatic heterocycles. The van der Waals surface area contributed by atoms with Crippen LogP contribution in [0, 0.1) is 12.7 Å². The molecular weight excluding hydrogens is 275 g/mol. The fourth-order valence-electron chi connectivity index (χ4n) is 1.80. The van der Waals surface area contributed by atoms with E-state index in [1.165, 1.54) is 25.2 Å². The first-order valence-corrected chi connectivity index (χ1v) is 6.18. The molecular formula is C15H15FN2O3. The highest BCUT2D eigenvalue weighted by Crippen LogP contribution is 2.31. The van der Waals surface area contributed by atoms with E-state index in [0.717, 1.165) is 4.90 Å². The number of benzene rings is 2. The molecule has 2 rings (SSSR count). The molecule has 0 aliphatic rings. The summed E-state index contributed by atoms with van der Waals surface area (Å²) in [5.74, 6) is 0.562. The van der Waals surface area contributed by atoms with Crippen molar-refractivity contribution in [2.75, 3.05) is 17.7 Å². The summed E-state index contributed by atoms with van der Waals surface area (Å²) in [4.78, 5) is 12.0. The lowest BCUT2D eigenvalue weighted by Gasteiger charge is -2.17. The van der Waals surface area contributed by atoms with Crippen LogP contribution in [0.1, 0.15) is 5.56 Å². The summed E-state index contributed by atoms with van der Waals surface area (Å²) < 4.78 is 18.8. The van der Waals surface area contributed by atoms with Gasteiger partial charge in [-0.05, 0) is 42.8 Å². The molecule has 0 heterocycles. The molecule has 0 radical (unpaired) electrons. The van der Waals surface area contributed by atoms with E-state index >= 15 is 0 Å². The molecule has 5 nitrogen and oxygen atoms in total. The van der Waals surface area contributed by atoms with Gasteiger partial charge in [0.1, 0.15) is 17.3 Å². The van der Waals surface area contributed by atoms with Crippen LogP contribution in [0.15, 0.2) is 36.4 Å². The van der Waals surface area contributed by atoms with Gasteiger partial charge in [-0.25, -0.2) is 9.18 Å². The van der Waals surface area contributed by atoms with Crippen molar-refractivity contribution in [2.45, 2.75) is 6.92 Å². The molecule has 0 saturated carbocycles. The van der Waals surface area contributed by atoms with E-state index in [0.29, 0.717) is 28.4 Å². The summed E-state index contributed by atoms with van der Waals surface area (Å²) in [5.41, 5.74) is 6.86. The Morgan fingerprint density at radius 1 is 1.24 bits per heavy atom. The number of hydrogen-bond acceptors (Lipinski definition) is 3. The Bertz CT molecular complexity index is 689. The minimum absolute atomic E-state index is 0.314. The summed E-state index contributed by atoms with van der Waals surface area (Å²) in [7, 11) is 1.39. The zero-order valence-corrected chi connectivity index (χ0v) is 11.6. The molecule has 21 heavy (non-hydrogen) atoms. The van der Waals surface area contributed by atoms with Crippen LogP contribution < -0.4 is 15.4 Å². The second kappa shape index (κ2) is 5.70. The molecule has 2 aromatic rings. The summed E-state index contributed by atoms with van der Waals surface area (Å²) in [6.07, 6.45) is -1.13. The summed E-state index contributed by atoms with van der Waals surface area (Å²) in [6.45, 7) is 1.63. The number of hydrogen-bond donors (Lipinski definition) is 2. The van der Waals surface area contributed by atoms with Gasteiger partial charge in [0.25, 0.3) is 0 Å². The molecule has 0 spiro atoms. The van der Waals surface area contributed by atoms with Crippen LogP contribution in [-0.2, 0) is 0 Å². The topological polar surface area (TPSA) is 75.8 Å². The Labute approximate surface area is 121 Å². The Morgan fingerprint density at radius 2 is 1.86 bits per heavy atom. The number of ether oxygens (including phenoxy) is 1. The van der Waals surface area contributed by atoms with Crippen molar-refractivity contribution in [2.24, 2.45) is 0 Å². The molecule has 0 bridgehead atoms. The zero-order valence-electron chi connectivity index (χ0n) is 11.6. The van der Waals surface area contributed by atoms with Crippen molar-refractivity contribution in [1.29, 1.82) is 0 Å². The number of amides is 1. The van der Waals surface area contributed by atoms with Crippen LogP contribution in [0.4, 0.5) is 20.6 Å². The largest absolute Gasteiger partial charge is 0.465 e. The Hall–Kier alpha value is -2.76. The molecule has 0 saturated heterocycles. The molecule has 1 amide bonds. The molecule has 0 unspecified atom stereocenters. The molecule has 3 N–H and O–H groups in total. The van der Waals surface area contributed by atoms with E-state index in [4.69, 9.17) is 15.6 Å². The fourth-order valence-corrected chi connectivity index (χ4v) is 1.80. The quantitative estimate of drug-likeness (QED) is 0.846.